The highest BCUT2D eigenvalue weighted by Gasteiger charge is 2.47. The third-order valence-corrected chi connectivity index (χ3v) is 8.35. The second kappa shape index (κ2) is 9.22. The van der Waals surface area contributed by atoms with Crippen molar-refractivity contribution in [2.24, 2.45) is 11.3 Å². The summed E-state index contributed by atoms with van der Waals surface area (Å²) in [5.74, 6) is 0.688. The molecule has 0 spiro atoms. The summed E-state index contributed by atoms with van der Waals surface area (Å²) in [6, 6.07) is 16.3. The van der Waals surface area contributed by atoms with Gasteiger partial charge in [0.05, 0.1) is 0 Å². The lowest BCUT2D eigenvalue weighted by atomic mass is 9.69. The first-order chi connectivity index (χ1) is 15.9. The van der Waals surface area contributed by atoms with Crippen LogP contribution in [0.4, 0.5) is 0 Å². The summed E-state index contributed by atoms with van der Waals surface area (Å²) in [4.78, 5) is 30.4. The number of piperidine rings is 2. The fourth-order valence-electron chi connectivity index (χ4n) is 6.02. The molecule has 3 fully saturated rings. The second-order valence-electron chi connectivity index (χ2n) is 10.2. The van der Waals surface area contributed by atoms with Gasteiger partial charge in [0.2, 0.25) is 11.8 Å². The molecule has 2 unspecified atom stereocenters. The van der Waals surface area contributed by atoms with E-state index in [1.54, 1.807) is 0 Å². The Kier molecular flexibility index (Phi) is 6.32. The van der Waals surface area contributed by atoms with Crippen molar-refractivity contribution in [3.8, 4) is 0 Å². The first-order valence-electron chi connectivity index (χ1n) is 12.0. The maximum Gasteiger partial charge on any atom is 0.245 e. The van der Waals surface area contributed by atoms with E-state index in [-0.39, 0.29) is 23.3 Å². The van der Waals surface area contributed by atoms with E-state index < -0.39 is 0 Å². The number of carbonyl (C=O) groups excluding carboxylic acids is 2. The number of nitrogens with one attached hydrogen (secondary N) is 1. The van der Waals surface area contributed by atoms with Crippen LogP contribution in [0, 0.1) is 18.3 Å². The number of hydrogen-bond acceptors (Lipinski definition) is 3. The van der Waals surface area contributed by atoms with Crippen LogP contribution >= 0.6 is 15.9 Å². The molecule has 3 saturated heterocycles. The number of fused-ring (bicyclic) bond motifs is 2. The van der Waals surface area contributed by atoms with E-state index in [0.29, 0.717) is 25.3 Å². The normalized spacial score (nSPS) is 27.2. The van der Waals surface area contributed by atoms with Crippen LogP contribution < -0.4 is 5.32 Å². The summed E-state index contributed by atoms with van der Waals surface area (Å²) in [7, 11) is 0. The minimum atomic E-state index is -0.342. The number of halogens is 1. The number of benzene rings is 2. The van der Waals surface area contributed by atoms with Crippen molar-refractivity contribution in [2.45, 2.75) is 45.2 Å². The molecule has 6 heteroatoms. The fourth-order valence-corrected chi connectivity index (χ4v) is 6.45. The van der Waals surface area contributed by atoms with Gasteiger partial charge in [0.25, 0.3) is 0 Å². The van der Waals surface area contributed by atoms with E-state index in [2.05, 4.69) is 75.5 Å². The van der Waals surface area contributed by atoms with Gasteiger partial charge in [-0.3, -0.25) is 9.59 Å². The van der Waals surface area contributed by atoms with Crippen LogP contribution in [0.15, 0.2) is 53.0 Å². The van der Waals surface area contributed by atoms with Crippen molar-refractivity contribution in [3.05, 3.63) is 69.7 Å². The Morgan fingerprint density at radius 1 is 1.18 bits per heavy atom. The maximum absolute atomic E-state index is 13.8. The molecule has 3 heterocycles. The molecule has 0 aromatic heterocycles. The topological polar surface area (TPSA) is 52.7 Å². The van der Waals surface area contributed by atoms with Gasteiger partial charge in [0.15, 0.2) is 0 Å². The van der Waals surface area contributed by atoms with E-state index in [1.165, 1.54) is 11.1 Å². The first kappa shape index (κ1) is 22.6. The van der Waals surface area contributed by atoms with Crippen molar-refractivity contribution in [1.82, 2.24) is 15.1 Å². The summed E-state index contributed by atoms with van der Waals surface area (Å²) >= 11 is 3.71. The number of hydrogen-bond donors (Lipinski definition) is 1. The SMILES string of the molecule is Cc1ccc(CN2C(=O)CC[C@H]2C(=O)N2CC3CNCC(Cc4ccccc4Br)(C3)C2)cc1. The Bertz CT molecular complexity index is 1040. The largest absolute Gasteiger partial charge is 0.340 e. The third-order valence-electron chi connectivity index (χ3n) is 7.58. The van der Waals surface area contributed by atoms with Crippen molar-refractivity contribution in [1.29, 1.82) is 0 Å². The molecule has 33 heavy (non-hydrogen) atoms. The summed E-state index contributed by atoms with van der Waals surface area (Å²) < 4.78 is 1.13. The van der Waals surface area contributed by atoms with Crippen molar-refractivity contribution >= 4 is 27.7 Å². The highest BCUT2D eigenvalue weighted by molar-refractivity contribution is 9.10. The number of aryl methyl sites for hydroxylation is 1. The molecule has 2 bridgehead atoms. The molecule has 0 aliphatic carbocycles. The average molecular weight is 510 g/mol. The van der Waals surface area contributed by atoms with Crippen LogP contribution in [0.2, 0.25) is 0 Å². The number of likely N-dealkylation sites (tertiary alicyclic amines) is 2. The zero-order valence-corrected chi connectivity index (χ0v) is 20.8. The molecule has 5 nitrogen and oxygen atoms in total. The molecule has 0 radical (unpaired) electrons. The van der Waals surface area contributed by atoms with Crippen LogP contribution in [-0.2, 0) is 22.6 Å². The third kappa shape index (κ3) is 4.73. The molecule has 174 valence electrons. The number of nitrogens with zero attached hydrogens (tertiary/aromatic N) is 2. The Hall–Kier alpha value is -2.18. The molecule has 5 rings (SSSR count). The van der Waals surface area contributed by atoms with Gasteiger partial charge in [-0.25, -0.2) is 0 Å². The Labute approximate surface area is 204 Å². The quantitative estimate of drug-likeness (QED) is 0.664. The molecule has 2 aromatic carbocycles. The van der Waals surface area contributed by atoms with Gasteiger partial charge in [0, 0.05) is 42.5 Å². The minimum Gasteiger partial charge on any atom is -0.340 e. The van der Waals surface area contributed by atoms with Crippen LogP contribution in [0.1, 0.15) is 36.0 Å². The smallest absolute Gasteiger partial charge is 0.245 e. The molecule has 0 saturated carbocycles. The van der Waals surface area contributed by atoms with E-state index >= 15 is 0 Å². The lowest BCUT2D eigenvalue weighted by Gasteiger charge is -2.51. The van der Waals surface area contributed by atoms with Crippen LogP contribution in [0.5, 0.6) is 0 Å². The lowest BCUT2D eigenvalue weighted by Crippen LogP contribution is -2.61. The Morgan fingerprint density at radius 3 is 2.76 bits per heavy atom. The molecule has 3 aliphatic heterocycles. The molecule has 1 N–H and O–H groups in total. The molecule has 2 amide bonds. The van der Waals surface area contributed by atoms with Gasteiger partial charge in [-0.1, -0.05) is 64.0 Å². The Morgan fingerprint density at radius 2 is 1.97 bits per heavy atom. The zero-order chi connectivity index (χ0) is 23.0. The van der Waals surface area contributed by atoms with Gasteiger partial charge < -0.3 is 15.1 Å². The highest BCUT2D eigenvalue weighted by Crippen LogP contribution is 2.40. The summed E-state index contributed by atoms with van der Waals surface area (Å²) in [5, 5.41) is 3.63. The van der Waals surface area contributed by atoms with Gasteiger partial charge in [-0.15, -0.1) is 0 Å². The van der Waals surface area contributed by atoms with Gasteiger partial charge in [-0.2, -0.15) is 0 Å². The van der Waals surface area contributed by atoms with Crippen LogP contribution in [0.3, 0.4) is 0 Å². The molecule has 3 atom stereocenters. The molecule has 3 aliphatic rings. The minimum absolute atomic E-state index is 0.0328. The number of amides is 2. The van der Waals surface area contributed by atoms with Gasteiger partial charge in [-0.05, 0) is 55.8 Å². The predicted octanol–water partition coefficient (Wildman–Crippen LogP) is 3.93. The number of rotatable bonds is 5. The molecular weight excluding hydrogens is 478 g/mol. The van der Waals surface area contributed by atoms with Crippen molar-refractivity contribution in [3.63, 3.8) is 0 Å². The van der Waals surface area contributed by atoms with E-state index in [0.717, 1.165) is 49.1 Å². The molecular formula is C27H32BrN3O2. The lowest BCUT2D eigenvalue weighted by molar-refractivity contribution is -0.146. The first-order valence-corrected chi connectivity index (χ1v) is 12.8. The second-order valence-corrected chi connectivity index (χ2v) is 11.1. The van der Waals surface area contributed by atoms with E-state index in [9.17, 15) is 9.59 Å². The monoisotopic (exact) mass is 509 g/mol. The maximum atomic E-state index is 13.8. The fraction of sp³-hybridized carbons (Fsp3) is 0.481. The predicted molar refractivity (Wildman–Crippen MR) is 133 cm³/mol. The summed E-state index contributed by atoms with van der Waals surface area (Å²) in [6.07, 6.45) is 3.17. The van der Waals surface area contributed by atoms with Crippen LogP contribution in [0.25, 0.3) is 0 Å². The van der Waals surface area contributed by atoms with Gasteiger partial charge >= 0.3 is 0 Å². The van der Waals surface area contributed by atoms with E-state index in [4.69, 9.17) is 0 Å². The average Bonchev–Trinajstić information content (AvgIpc) is 3.16. The van der Waals surface area contributed by atoms with Crippen molar-refractivity contribution < 1.29 is 9.59 Å². The van der Waals surface area contributed by atoms with Crippen LogP contribution in [-0.4, -0.2) is 53.8 Å². The zero-order valence-electron chi connectivity index (χ0n) is 19.2. The van der Waals surface area contributed by atoms with Gasteiger partial charge in [0.1, 0.15) is 6.04 Å². The van der Waals surface area contributed by atoms with Crippen molar-refractivity contribution in [2.75, 3.05) is 26.2 Å². The summed E-state index contributed by atoms with van der Waals surface area (Å²) in [6.45, 7) is 5.98. The molecule has 2 aromatic rings. The number of carbonyl (C=O) groups is 2. The van der Waals surface area contributed by atoms with E-state index in [1.807, 2.05) is 11.0 Å². The highest BCUT2D eigenvalue weighted by atomic mass is 79.9. The summed E-state index contributed by atoms with van der Waals surface area (Å²) in [5.41, 5.74) is 3.61. The standard InChI is InChI=1S/C27H32BrN3O2/c1-19-6-8-20(9-7-19)16-31-24(10-11-25(31)32)26(33)30-15-21-12-27(18-30,17-29-14-21)13-22-4-2-3-5-23(22)28/h2-9,21,24,29H,10-18H2,1H3/t21?,24-,27?/m0/s1. The Balaban J connectivity index is 1.34.